The molecule has 0 saturated carbocycles. The molecule has 0 unspecified atom stereocenters. The first-order valence-corrected chi connectivity index (χ1v) is 5.38. The molecule has 2 rings (SSSR count). The third kappa shape index (κ3) is 2.75. The van der Waals surface area contributed by atoms with Crippen molar-refractivity contribution in [3.05, 3.63) is 62.6 Å². The molecular weight excluding hydrogens is 250 g/mol. The second kappa shape index (κ2) is 5.27. The third-order valence-corrected chi connectivity index (χ3v) is 2.53. The summed E-state index contributed by atoms with van der Waals surface area (Å²) in [5.41, 5.74) is 2.63. The second-order valence-electron chi connectivity index (χ2n) is 3.77. The maximum Gasteiger partial charge on any atom is 0.293 e. The van der Waals surface area contributed by atoms with Crippen LogP contribution in [0.4, 0.5) is 11.4 Å². The molecule has 0 radical (unpaired) electrons. The van der Waals surface area contributed by atoms with E-state index in [1.807, 2.05) is 0 Å². The smallest absolute Gasteiger partial charge is 0.293 e. The molecule has 0 atom stereocenters. The van der Waals surface area contributed by atoms with Gasteiger partial charge < -0.3 is 5.43 Å². The summed E-state index contributed by atoms with van der Waals surface area (Å²) in [4.78, 5) is 21.8. The fourth-order valence-electron chi connectivity index (χ4n) is 1.63. The molecule has 0 bridgehead atoms. The number of hydrazine groups is 1. The van der Waals surface area contributed by atoms with Gasteiger partial charge in [-0.3, -0.25) is 20.8 Å². The normalized spacial score (nSPS) is 10.2. The first kappa shape index (κ1) is 12.7. The molecule has 3 N–H and O–H groups in total. The van der Waals surface area contributed by atoms with Gasteiger partial charge in [0.15, 0.2) is 0 Å². The number of nitrogen functional groups attached to an aromatic ring is 1. The highest BCUT2D eigenvalue weighted by molar-refractivity contribution is 5.61. The Labute approximate surface area is 107 Å². The van der Waals surface area contributed by atoms with E-state index < -0.39 is 4.92 Å². The maximum atomic E-state index is 11.5. The monoisotopic (exact) mass is 261 g/mol. The van der Waals surface area contributed by atoms with Crippen molar-refractivity contribution < 1.29 is 4.92 Å². The lowest BCUT2D eigenvalue weighted by Gasteiger charge is -2.06. The predicted octanol–water partition coefficient (Wildman–Crippen LogP) is 0.485. The summed E-state index contributed by atoms with van der Waals surface area (Å²) in [6.07, 6.45) is 1.48. The molecule has 2 aromatic rings. The maximum absolute atomic E-state index is 11.5. The van der Waals surface area contributed by atoms with E-state index in [9.17, 15) is 14.9 Å². The van der Waals surface area contributed by atoms with Crippen molar-refractivity contribution in [1.29, 1.82) is 0 Å². The summed E-state index contributed by atoms with van der Waals surface area (Å²) in [5, 5.41) is 14.8. The summed E-state index contributed by atoms with van der Waals surface area (Å²) in [6, 6.07) is 7.39. The van der Waals surface area contributed by atoms with Crippen LogP contribution in [0.15, 0.2) is 41.3 Å². The quantitative estimate of drug-likeness (QED) is 0.470. The van der Waals surface area contributed by atoms with E-state index in [0.717, 1.165) is 0 Å². The standard InChI is InChI=1S/C11H11N5O3/c12-14-9-4-3-8(6-10(9)16(18)19)7-15-11(17)2-1-5-13-15/h1-6,14H,7,12H2. The van der Waals surface area contributed by atoms with E-state index in [1.54, 1.807) is 6.07 Å². The number of nitro benzene ring substituents is 1. The van der Waals surface area contributed by atoms with Crippen molar-refractivity contribution in [3.63, 3.8) is 0 Å². The number of nitro groups is 1. The summed E-state index contributed by atoms with van der Waals surface area (Å²) in [7, 11) is 0. The fraction of sp³-hybridized carbons (Fsp3) is 0.0909. The Morgan fingerprint density at radius 3 is 2.84 bits per heavy atom. The molecule has 0 amide bonds. The zero-order chi connectivity index (χ0) is 13.8. The van der Waals surface area contributed by atoms with Crippen LogP contribution in [0.25, 0.3) is 0 Å². The average Bonchev–Trinajstić information content (AvgIpc) is 2.41. The van der Waals surface area contributed by atoms with Crippen LogP contribution in [0, 0.1) is 10.1 Å². The molecule has 8 nitrogen and oxygen atoms in total. The third-order valence-electron chi connectivity index (χ3n) is 2.53. The van der Waals surface area contributed by atoms with Crippen LogP contribution in [-0.4, -0.2) is 14.7 Å². The van der Waals surface area contributed by atoms with E-state index in [0.29, 0.717) is 5.56 Å². The van der Waals surface area contributed by atoms with Crippen LogP contribution in [0.5, 0.6) is 0 Å². The zero-order valence-corrected chi connectivity index (χ0v) is 9.81. The molecule has 0 fully saturated rings. The lowest BCUT2D eigenvalue weighted by atomic mass is 10.1. The Kier molecular flexibility index (Phi) is 3.53. The number of nitrogens with one attached hydrogen (secondary N) is 1. The van der Waals surface area contributed by atoms with Crippen LogP contribution < -0.4 is 16.8 Å². The molecule has 0 aliphatic carbocycles. The summed E-state index contributed by atoms with van der Waals surface area (Å²) >= 11 is 0. The molecule has 0 spiro atoms. The number of nitrogens with zero attached hydrogens (tertiary/aromatic N) is 3. The molecule has 0 aliphatic heterocycles. The van der Waals surface area contributed by atoms with Gasteiger partial charge in [-0.1, -0.05) is 6.07 Å². The van der Waals surface area contributed by atoms with Gasteiger partial charge in [0.1, 0.15) is 5.69 Å². The SMILES string of the molecule is NNc1ccc(Cn2ncccc2=O)cc1[N+](=O)[O-]. The number of anilines is 1. The first-order chi connectivity index (χ1) is 9.11. The zero-order valence-electron chi connectivity index (χ0n) is 9.81. The summed E-state index contributed by atoms with van der Waals surface area (Å²) in [6.45, 7) is 0.158. The van der Waals surface area contributed by atoms with Crippen molar-refractivity contribution in [2.45, 2.75) is 6.54 Å². The van der Waals surface area contributed by atoms with Crippen molar-refractivity contribution in [2.24, 2.45) is 5.84 Å². The molecule has 8 heteroatoms. The topological polar surface area (TPSA) is 116 Å². The molecular formula is C11H11N5O3. The Balaban J connectivity index is 2.37. The van der Waals surface area contributed by atoms with Crippen LogP contribution in [-0.2, 0) is 6.54 Å². The lowest BCUT2D eigenvalue weighted by molar-refractivity contribution is -0.384. The first-order valence-electron chi connectivity index (χ1n) is 5.38. The molecule has 1 aromatic heterocycles. The van der Waals surface area contributed by atoms with Gasteiger partial charge in [0.05, 0.1) is 11.5 Å². The van der Waals surface area contributed by atoms with Crippen LogP contribution >= 0.6 is 0 Å². The number of nitrogens with two attached hydrogens (primary N) is 1. The average molecular weight is 261 g/mol. The molecule has 19 heavy (non-hydrogen) atoms. The van der Waals surface area contributed by atoms with Crippen molar-refractivity contribution in [2.75, 3.05) is 5.43 Å². The van der Waals surface area contributed by atoms with Gasteiger partial charge >= 0.3 is 0 Å². The highest BCUT2D eigenvalue weighted by Crippen LogP contribution is 2.24. The minimum Gasteiger partial charge on any atom is -0.318 e. The largest absolute Gasteiger partial charge is 0.318 e. The molecule has 1 heterocycles. The van der Waals surface area contributed by atoms with Crippen molar-refractivity contribution in [1.82, 2.24) is 9.78 Å². The highest BCUT2D eigenvalue weighted by atomic mass is 16.6. The number of hydrogen-bond acceptors (Lipinski definition) is 6. The van der Waals surface area contributed by atoms with E-state index >= 15 is 0 Å². The fourth-order valence-corrected chi connectivity index (χ4v) is 1.63. The summed E-state index contributed by atoms with van der Waals surface area (Å²) < 4.78 is 1.22. The Hall–Kier alpha value is -2.74. The molecule has 98 valence electrons. The Morgan fingerprint density at radius 2 is 2.21 bits per heavy atom. The van der Waals surface area contributed by atoms with Gasteiger partial charge in [0.25, 0.3) is 11.2 Å². The van der Waals surface area contributed by atoms with Gasteiger partial charge in [-0.25, -0.2) is 4.68 Å². The minimum atomic E-state index is -0.542. The lowest BCUT2D eigenvalue weighted by Crippen LogP contribution is -2.21. The van der Waals surface area contributed by atoms with Gasteiger partial charge in [-0.05, 0) is 17.7 Å². The van der Waals surface area contributed by atoms with E-state index in [-0.39, 0.29) is 23.5 Å². The number of aromatic nitrogens is 2. The predicted molar refractivity (Wildman–Crippen MR) is 68.5 cm³/mol. The van der Waals surface area contributed by atoms with E-state index in [2.05, 4.69) is 10.5 Å². The number of hydrogen-bond donors (Lipinski definition) is 2. The van der Waals surface area contributed by atoms with Crippen LogP contribution in [0.1, 0.15) is 5.56 Å². The van der Waals surface area contributed by atoms with Crippen LogP contribution in [0.3, 0.4) is 0 Å². The number of benzene rings is 1. The van der Waals surface area contributed by atoms with Crippen LogP contribution in [0.2, 0.25) is 0 Å². The van der Waals surface area contributed by atoms with Gasteiger partial charge in [-0.2, -0.15) is 5.10 Å². The Bertz CT molecular complexity index is 667. The van der Waals surface area contributed by atoms with E-state index in [1.165, 1.54) is 35.1 Å². The highest BCUT2D eigenvalue weighted by Gasteiger charge is 2.14. The van der Waals surface area contributed by atoms with Gasteiger partial charge in [0.2, 0.25) is 0 Å². The Morgan fingerprint density at radius 1 is 1.42 bits per heavy atom. The van der Waals surface area contributed by atoms with Gasteiger partial charge in [0, 0.05) is 18.3 Å². The van der Waals surface area contributed by atoms with Crippen molar-refractivity contribution in [3.8, 4) is 0 Å². The van der Waals surface area contributed by atoms with Crippen molar-refractivity contribution >= 4 is 11.4 Å². The minimum absolute atomic E-state index is 0.149. The van der Waals surface area contributed by atoms with Gasteiger partial charge in [-0.15, -0.1) is 0 Å². The number of rotatable bonds is 4. The molecule has 0 saturated heterocycles. The van der Waals surface area contributed by atoms with E-state index in [4.69, 9.17) is 5.84 Å². The molecule has 1 aromatic carbocycles. The summed E-state index contributed by atoms with van der Waals surface area (Å²) in [5.74, 6) is 5.19. The second-order valence-corrected chi connectivity index (χ2v) is 3.77. The molecule has 0 aliphatic rings.